The normalized spacial score (nSPS) is 21.4. The van der Waals surface area contributed by atoms with Crippen LogP contribution in [0.25, 0.3) is 0 Å². The molecule has 0 N–H and O–H groups in total. The molecule has 3 aromatic carbocycles. The summed E-state index contributed by atoms with van der Waals surface area (Å²) >= 11 is 6.35. The van der Waals surface area contributed by atoms with E-state index in [0.29, 0.717) is 5.75 Å². The molecule has 2 heterocycles. The van der Waals surface area contributed by atoms with E-state index >= 15 is 4.39 Å². The second-order valence-electron chi connectivity index (χ2n) is 7.95. The van der Waals surface area contributed by atoms with Crippen molar-refractivity contribution in [1.29, 1.82) is 0 Å². The SMILES string of the molecule is COc1cccc(N2C(=O)[C@@H]3[C@H](ON(c4cccc([N+](=O)[O-])c4)[C@@H]3c3c(F)cccc3Cl)C2=O)c1. The van der Waals surface area contributed by atoms with E-state index in [9.17, 15) is 19.7 Å². The fourth-order valence-corrected chi connectivity index (χ4v) is 4.75. The zero-order valence-electron chi connectivity index (χ0n) is 18.1. The number of carbonyl (C=O) groups excluding carboxylic acids is 2. The number of fused-ring (bicyclic) bond motifs is 1. The summed E-state index contributed by atoms with van der Waals surface area (Å²) in [5.41, 5.74) is 0.156. The molecule has 0 bridgehead atoms. The fourth-order valence-electron chi connectivity index (χ4n) is 4.47. The third-order valence-corrected chi connectivity index (χ3v) is 6.35. The molecule has 35 heavy (non-hydrogen) atoms. The summed E-state index contributed by atoms with van der Waals surface area (Å²) in [5, 5.41) is 12.5. The first kappa shape index (κ1) is 22.8. The molecule has 0 radical (unpaired) electrons. The molecule has 2 amide bonds. The minimum absolute atomic E-state index is 0.0229. The minimum Gasteiger partial charge on any atom is -0.497 e. The quantitative estimate of drug-likeness (QED) is 0.291. The standard InChI is InChI=1S/C24H17ClFN3O6/c1-34-16-8-3-5-13(12-16)27-23(30)20-21(19-17(25)9-4-10-18(19)26)28(35-22(20)24(27)31)14-6-2-7-15(11-14)29(32)33/h2-12,20-22H,1H3/t20-,21+,22-/m0/s1. The number of nitrogens with zero attached hydrogens (tertiary/aromatic N) is 3. The Labute approximate surface area is 203 Å². The molecule has 178 valence electrons. The Hall–Kier alpha value is -4.02. The van der Waals surface area contributed by atoms with Gasteiger partial charge in [-0.05, 0) is 30.3 Å². The van der Waals surface area contributed by atoms with Crippen molar-refractivity contribution in [1.82, 2.24) is 0 Å². The van der Waals surface area contributed by atoms with Gasteiger partial charge in [0.05, 0.1) is 23.4 Å². The van der Waals surface area contributed by atoms with Gasteiger partial charge in [-0.15, -0.1) is 0 Å². The highest BCUT2D eigenvalue weighted by Crippen LogP contribution is 2.50. The number of ether oxygens (including phenoxy) is 1. The van der Waals surface area contributed by atoms with Crippen molar-refractivity contribution in [2.45, 2.75) is 12.1 Å². The predicted octanol–water partition coefficient (Wildman–Crippen LogP) is 4.45. The van der Waals surface area contributed by atoms with Crippen molar-refractivity contribution in [2.24, 2.45) is 5.92 Å². The number of methoxy groups -OCH3 is 1. The van der Waals surface area contributed by atoms with Crippen LogP contribution >= 0.6 is 11.6 Å². The molecule has 2 aliphatic rings. The molecule has 0 saturated carbocycles. The summed E-state index contributed by atoms with van der Waals surface area (Å²) in [4.78, 5) is 44.6. The van der Waals surface area contributed by atoms with E-state index in [4.69, 9.17) is 21.2 Å². The number of rotatable bonds is 5. The van der Waals surface area contributed by atoms with Gasteiger partial charge in [0, 0.05) is 28.8 Å². The van der Waals surface area contributed by atoms with Crippen LogP contribution in [0.3, 0.4) is 0 Å². The molecule has 3 aromatic rings. The maximum atomic E-state index is 15.1. The summed E-state index contributed by atoms with van der Waals surface area (Å²) in [7, 11) is 1.46. The van der Waals surface area contributed by atoms with Gasteiger partial charge in [0.15, 0.2) is 6.10 Å². The van der Waals surface area contributed by atoms with Crippen molar-refractivity contribution >= 4 is 40.5 Å². The Morgan fingerprint density at radius 2 is 1.74 bits per heavy atom. The van der Waals surface area contributed by atoms with E-state index in [1.165, 1.54) is 55.6 Å². The van der Waals surface area contributed by atoms with Gasteiger partial charge in [-0.1, -0.05) is 29.8 Å². The van der Waals surface area contributed by atoms with Gasteiger partial charge < -0.3 is 4.74 Å². The number of nitro groups is 1. The van der Waals surface area contributed by atoms with Gasteiger partial charge in [0.2, 0.25) is 5.91 Å². The van der Waals surface area contributed by atoms with Gasteiger partial charge in [0.25, 0.3) is 11.6 Å². The lowest BCUT2D eigenvalue weighted by Gasteiger charge is -2.29. The molecule has 9 nitrogen and oxygen atoms in total. The molecule has 11 heteroatoms. The van der Waals surface area contributed by atoms with E-state index in [-0.39, 0.29) is 27.6 Å². The lowest BCUT2D eigenvalue weighted by molar-refractivity contribution is -0.384. The third-order valence-electron chi connectivity index (χ3n) is 6.02. The predicted molar refractivity (Wildman–Crippen MR) is 124 cm³/mol. The van der Waals surface area contributed by atoms with Crippen LogP contribution in [0.5, 0.6) is 5.75 Å². The van der Waals surface area contributed by atoms with Gasteiger partial charge in [0.1, 0.15) is 23.5 Å². The van der Waals surface area contributed by atoms with E-state index < -0.39 is 40.6 Å². The lowest BCUT2D eigenvalue weighted by atomic mass is 9.90. The first-order chi connectivity index (χ1) is 16.8. The highest BCUT2D eigenvalue weighted by atomic mass is 35.5. The molecule has 3 atom stereocenters. The van der Waals surface area contributed by atoms with Gasteiger partial charge in [-0.2, -0.15) is 0 Å². The number of imide groups is 1. The van der Waals surface area contributed by atoms with Crippen molar-refractivity contribution in [3.05, 3.63) is 93.2 Å². The smallest absolute Gasteiger partial charge is 0.271 e. The molecule has 2 fully saturated rings. The Morgan fingerprint density at radius 1 is 1.03 bits per heavy atom. The van der Waals surface area contributed by atoms with E-state index in [2.05, 4.69) is 0 Å². The fraction of sp³-hybridized carbons (Fsp3) is 0.167. The van der Waals surface area contributed by atoms with Crippen molar-refractivity contribution in [2.75, 3.05) is 17.1 Å². The van der Waals surface area contributed by atoms with E-state index in [1.807, 2.05) is 0 Å². The number of hydrogen-bond acceptors (Lipinski definition) is 7. The maximum Gasteiger partial charge on any atom is 0.271 e. The number of anilines is 2. The van der Waals surface area contributed by atoms with Crippen LogP contribution in [0.15, 0.2) is 66.7 Å². The maximum absolute atomic E-state index is 15.1. The molecule has 0 unspecified atom stereocenters. The largest absolute Gasteiger partial charge is 0.497 e. The third kappa shape index (κ3) is 3.67. The average molecular weight is 498 g/mol. The van der Waals surface area contributed by atoms with Crippen LogP contribution in [0, 0.1) is 21.8 Å². The zero-order chi connectivity index (χ0) is 24.9. The topological polar surface area (TPSA) is 102 Å². The first-order valence-corrected chi connectivity index (χ1v) is 10.9. The Balaban J connectivity index is 1.63. The Kier molecular flexibility index (Phi) is 5.62. The number of amides is 2. The van der Waals surface area contributed by atoms with Crippen LogP contribution in [0.1, 0.15) is 11.6 Å². The molecular weight excluding hydrogens is 481 g/mol. The summed E-state index contributed by atoms with van der Waals surface area (Å²) in [6.45, 7) is 0. The Bertz CT molecular complexity index is 1350. The van der Waals surface area contributed by atoms with Crippen LogP contribution in [0.4, 0.5) is 21.5 Å². The molecule has 2 aliphatic heterocycles. The Morgan fingerprint density at radius 3 is 2.46 bits per heavy atom. The van der Waals surface area contributed by atoms with Crippen LogP contribution in [0.2, 0.25) is 5.02 Å². The van der Waals surface area contributed by atoms with Gasteiger partial charge >= 0.3 is 0 Å². The number of carbonyl (C=O) groups is 2. The highest BCUT2D eigenvalue weighted by molar-refractivity contribution is 6.31. The summed E-state index contributed by atoms with van der Waals surface area (Å²) in [6, 6.07) is 14.7. The van der Waals surface area contributed by atoms with Gasteiger partial charge in [-0.25, -0.2) is 14.4 Å². The van der Waals surface area contributed by atoms with Crippen molar-refractivity contribution < 1.29 is 28.5 Å². The van der Waals surface area contributed by atoms with Crippen molar-refractivity contribution in [3.8, 4) is 5.75 Å². The second-order valence-corrected chi connectivity index (χ2v) is 8.36. The lowest BCUT2D eigenvalue weighted by Crippen LogP contribution is -2.37. The number of non-ortho nitro benzene ring substituents is 1. The summed E-state index contributed by atoms with van der Waals surface area (Å²) in [5.74, 6) is -2.71. The first-order valence-electron chi connectivity index (χ1n) is 10.5. The van der Waals surface area contributed by atoms with E-state index in [1.54, 1.807) is 18.2 Å². The number of halogens is 2. The second kappa shape index (κ2) is 8.64. The highest BCUT2D eigenvalue weighted by Gasteiger charge is 2.61. The molecular formula is C24H17ClFN3O6. The van der Waals surface area contributed by atoms with Gasteiger partial charge in [-0.3, -0.25) is 24.5 Å². The molecule has 2 saturated heterocycles. The number of hydroxylamine groups is 1. The van der Waals surface area contributed by atoms with Crippen LogP contribution < -0.4 is 14.7 Å². The molecule has 0 spiro atoms. The number of benzene rings is 3. The van der Waals surface area contributed by atoms with Crippen LogP contribution in [-0.4, -0.2) is 30.0 Å². The zero-order valence-corrected chi connectivity index (χ0v) is 18.9. The van der Waals surface area contributed by atoms with E-state index in [0.717, 1.165) is 9.96 Å². The van der Waals surface area contributed by atoms with Crippen LogP contribution in [-0.2, 0) is 14.4 Å². The average Bonchev–Trinajstić information content (AvgIpc) is 3.35. The molecule has 0 aromatic heterocycles. The molecule has 0 aliphatic carbocycles. The monoisotopic (exact) mass is 497 g/mol. The number of nitro benzene ring substituents is 1. The minimum atomic E-state index is -1.30. The summed E-state index contributed by atoms with van der Waals surface area (Å²) in [6.07, 6.45) is -1.30. The summed E-state index contributed by atoms with van der Waals surface area (Å²) < 4.78 is 20.3. The van der Waals surface area contributed by atoms with Crippen molar-refractivity contribution in [3.63, 3.8) is 0 Å². The molecule has 5 rings (SSSR count). The number of hydrogen-bond donors (Lipinski definition) is 0.